The Balaban J connectivity index is 1.84. The van der Waals surface area contributed by atoms with Crippen LogP contribution in [0.1, 0.15) is 68.0 Å². The van der Waals surface area contributed by atoms with E-state index in [0.29, 0.717) is 25.1 Å². The summed E-state index contributed by atoms with van der Waals surface area (Å²) in [6.07, 6.45) is 4.10. The highest BCUT2D eigenvalue weighted by Gasteiger charge is 2.42. The van der Waals surface area contributed by atoms with Gasteiger partial charge in [-0.05, 0) is 67.4 Å². The zero-order valence-electron chi connectivity index (χ0n) is 18.4. The summed E-state index contributed by atoms with van der Waals surface area (Å²) in [6.45, 7) is 3.39. The first-order chi connectivity index (χ1) is 15.5. The van der Waals surface area contributed by atoms with E-state index < -0.39 is 11.5 Å². The van der Waals surface area contributed by atoms with Gasteiger partial charge >= 0.3 is 0 Å². The molecule has 3 aliphatic rings. The quantitative estimate of drug-likeness (QED) is 0.570. The molecule has 1 atom stereocenters. The molecule has 32 heavy (non-hydrogen) atoms. The van der Waals surface area contributed by atoms with Crippen molar-refractivity contribution in [1.29, 1.82) is 0 Å². The highest BCUT2D eigenvalue weighted by Crippen LogP contribution is 2.45. The minimum absolute atomic E-state index is 0.174. The molecule has 5 rings (SSSR count). The van der Waals surface area contributed by atoms with Gasteiger partial charge in [-0.3, -0.25) is 4.98 Å². The number of aryl methyl sites for hydroxylation is 1. The Morgan fingerprint density at radius 2 is 1.81 bits per heavy atom. The van der Waals surface area contributed by atoms with Gasteiger partial charge in [0.05, 0.1) is 18.0 Å². The summed E-state index contributed by atoms with van der Waals surface area (Å²) < 4.78 is 35.5. The van der Waals surface area contributed by atoms with Crippen LogP contribution >= 0.6 is 0 Å². The van der Waals surface area contributed by atoms with Gasteiger partial charge in [-0.25, -0.2) is 8.78 Å². The van der Waals surface area contributed by atoms with Gasteiger partial charge in [-0.2, -0.15) is 5.11 Å². The number of benzene rings is 1. The zero-order chi connectivity index (χ0) is 22.2. The molecule has 5 nitrogen and oxygen atoms in total. The average Bonchev–Trinajstić information content (AvgIpc) is 3.20. The maximum atomic E-state index is 14.6. The molecule has 0 radical (unpaired) electrons. The largest absolute Gasteiger partial charge is 0.369 e. The van der Waals surface area contributed by atoms with Crippen LogP contribution in [0.25, 0.3) is 11.1 Å². The number of hydrogen-bond donors (Lipinski definition) is 0. The van der Waals surface area contributed by atoms with Gasteiger partial charge in [-0.1, -0.05) is 30.3 Å². The number of hydrogen-bond acceptors (Lipinski definition) is 5. The third-order valence-electron chi connectivity index (χ3n) is 6.77. The minimum atomic E-state index is -2.74. The Morgan fingerprint density at radius 3 is 2.59 bits per heavy atom. The number of nitrogens with zero attached hydrogens (tertiary/aromatic N) is 4. The molecule has 1 aliphatic carbocycles. The first-order valence-corrected chi connectivity index (χ1v) is 11.5. The molecule has 7 heteroatoms. The van der Waals surface area contributed by atoms with Crippen LogP contribution in [0.4, 0.5) is 8.78 Å². The Bertz CT molecular complexity index is 1060. The summed E-state index contributed by atoms with van der Waals surface area (Å²) in [6, 6.07) is 9.80. The van der Waals surface area contributed by atoms with Crippen molar-refractivity contribution in [2.24, 2.45) is 15.4 Å². The van der Waals surface area contributed by atoms with Crippen LogP contribution in [-0.2, 0) is 23.2 Å². The fourth-order valence-electron chi connectivity index (χ4n) is 5.10. The van der Waals surface area contributed by atoms with Crippen molar-refractivity contribution in [2.45, 2.75) is 69.8 Å². The van der Waals surface area contributed by atoms with Gasteiger partial charge in [0.15, 0.2) is 0 Å². The van der Waals surface area contributed by atoms with Crippen LogP contribution in [0.5, 0.6) is 0 Å². The van der Waals surface area contributed by atoms with Crippen molar-refractivity contribution in [3.8, 4) is 11.1 Å². The average molecular weight is 439 g/mol. The van der Waals surface area contributed by atoms with E-state index in [4.69, 9.17) is 9.72 Å². The molecule has 0 N–H and O–H groups in total. The fourth-order valence-corrected chi connectivity index (χ4v) is 5.10. The number of fused-ring (bicyclic) bond motifs is 1. The molecule has 0 saturated carbocycles. The van der Waals surface area contributed by atoms with Gasteiger partial charge in [-0.15, -0.1) is 5.10 Å². The number of pyridine rings is 1. The van der Waals surface area contributed by atoms with E-state index in [0.717, 1.165) is 59.5 Å². The lowest BCUT2D eigenvalue weighted by Gasteiger charge is -2.33. The maximum Gasteiger partial charge on any atom is 0.252 e. The highest BCUT2D eigenvalue weighted by molar-refractivity contribution is 6.07. The third kappa shape index (κ3) is 3.98. The molecule has 0 amide bonds. The summed E-state index contributed by atoms with van der Waals surface area (Å²) in [5.74, 6) is -2.74. The smallest absolute Gasteiger partial charge is 0.252 e. The Morgan fingerprint density at radius 1 is 0.969 bits per heavy atom. The minimum Gasteiger partial charge on any atom is -0.369 e. The van der Waals surface area contributed by atoms with E-state index in [9.17, 15) is 8.78 Å². The van der Waals surface area contributed by atoms with E-state index in [1.165, 1.54) is 0 Å². The van der Waals surface area contributed by atoms with Crippen molar-refractivity contribution in [2.75, 3.05) is 13.2 Å². The Hall–Kier alpha value is -2.54. The van der Waals surface area contributed by atoms with Gasteiger partial charge < -0.3 is 4.74 Å². The number of rotatable bonds is 3. The second-order valence-electron chi connectivity index (χ2n) is 9.18. The van der Waals surface area contributed by atoms with Gasteiger partial charge in [0.2, 0.25) is 0 Å². The van der Waals surface area contributed by atoms with Crippen molar-refractivity contribution < 1.29 is 13.5 Å². The predicted octanol–water partition coefficient (Wildman–Crippen LogP) is 6.24. The predicted molar refractivity (Wildman–Crippen MR) is 119 cm³/mol. The summed E-state index contributed by atoms with van der Waals surface area (Å²) in [4.78, 5) is 5.04. The molecular formula is C25H28F2N4O. The van der Waals surface area contributed by atoms with Crippen LogP contribution in [0.15, 0.2) is 45.8 Å². The molecule has 0 bridgehead atoms. The lowest BCUT2D eigenvalue weighted by molar-refractivity contribution is -0.0132. The number of alkyl halides is 2. The van der Waals surface area contributed by atoms with E-state index in [2.05, 4.69) is 22.4 Å². The topological polar surface area (TPSA) is 59.2 Å². The third-order valence-corrected chi connectivity index (χ3v) is 6.77. The number of halogens is 2. The summed E-state index contributed by atoms with van der Waals surface area (Å²) in [7, 11) is 0. The van der Waals surface area contributed by atoms with Gasteiger partial charge in [0.1, 0.15) is 5.60 Å². The summed E-state index contributed by atoms with van der Waals surface area (Å²) >= 11 is 0. The molecule has 3 heterocycles. The van der Waals surface area contributed by atoms with Crippen molar-refractivity contribution in [3.05, 3.63) is 52.8 Å². The monoisotopic (exact) mass is 438 g/mol. The van der Waals surface area contributed by atoms with Crippen molar-refractivity contribution in [3.63, 3.8) is 0 Å². The molecule has 2 aromatic rings. The van der Waals surface area contributed by atoms with Crippen molar-refractivity contribution >= 4 is 5.71 Å². The van der Waals surface area contributed by atoms with Crippen LogP contribution in [-0.4, -0.2) is 29.8 Å². The number of ether oxygens (including phenoxy) is 1. The fraction of sp³-hybridized carbons (Fsp3) is 0.520. The molecule has 0 spiro atoms. The first kappa shape index (κ1) is 21.3. The van der Waals surface area contributed by atoms with Crippen LogP contribution in [0.3, 0.4) is 0 Å². The highest BCUT2D eigenvalue weighted by atomic mass is 19.3. The molecule has 1 unspecified atom stereocenters. The Labute approximate surface area is 187 Å². The summed E-state index contributed by atoms with van der Waals surface area (Å²) in [5.41, 5.74) is 4.94. The first-order valence-electron chi connectivity index (χ1n) is 11.5. The molecule has 1 fully saturated rings. The van der Waals surface area contributed by atoms with E-state index in [-0.39, 0.29) is 19.3 Å². The van der Waals surface area contributed by atoms with Gasteiger partial charge in [0.25, 0.3) is 5.92 Å². The SMILES string of the molecule is CC1(c2nc3c(c(-c4ccccc4)c2/C2=N\N=NCCCC2)CC(F)(F)CC3)CCCO1. The van der Waals surface area contributed by atoms with Crippen molar-refractivity contribution in [1.82, 2.24) is 4.98 Å². The van der Waals surface area contributed by atoms with Crippen LogP contribution in [0, 0.1) is 0 Å². The molecule has 168 valence electrons. The maximum absolute atomic E-state index is 14.6. The molecule has 1 aromatic carbocycles. The standard InChI is InChI=1S/C25H28F2N4O/c1-24(12-7-15-32-24)23-22(20-10-5-6-14-28-31-30-20)21(17-8-3-2-4-9-17)18-16-25(26,27)13-11-19(18)29-23/h2-4,8-9H,5-7,10-16H2,1H3/b30-20-,31-28?. The second kappa shape index (κ2) is 8.43. The lowest BCUT2D eigenvalue weighted by atomic mass is 9.79. The van der Waals surface area contributed by atoms with Crippen LogP contribution < -0.4 is 0 Å². The number of aromatic nitrogens is 1. The molecular weight excluding hydrogens is 410 g/mol. The summed E-state index contributed by atoms with van der Waals surface area (Å²) in [5, 5.41) is 12.7. The van der Waals surface area contributed by atoms with E-state index in [1.54, 1.807) is 0 Å². The van der Waals surface area contributed by atoms with Crippen LogP contribution in [0.2, 0.25) is 0 Å². The molecule has 2 aliphatic heterocycles. The normalized spacial score (nSPS) is 26.7. The second-order valence-corrected chi connectivity index (χ2v) is 9.18. The van der Waals surface area contributed by atoms with E-state index in [1.807, 2.05) is 30.3 Å². The lowest BCUT2D eigenvalue weighted by Crippen LogP contribution is -2.32. The molecule has 1 aromatic heterocycles. The van der Waals surface area contributed by atoms with E-state index >= 15 is 0 Å². The Kier molecular flexibility index (Phi) is 5.61. The molecule has 1 saturated heterocycles. The zero-order valence-corrected chi connectivity index (χ0v) is 18.4. The van der Waals surface area contributed by atoms with Gasteiger partial charge in [0, 0.05) is 30.7 Å².